The van der Waals surface area contributed by atoms with Crippen LogP contribution in [-0.2, 0) is 13.1 Å². The van der Waals surface area contributed by atoms with Crippen LogP contribution in [-0.4, -0.2) is 41.6 Å². The summed E-state index contributed by atoms with van der Waals surface area (Å²) in [5.74, 6) is 2.10. The Hall–Kier alpha value is -2.83. The molecule has 0 atom stereocenters. The quantitative estimate of drug-likeness (QED) is 0.445. The van der Waals surface area contributed by atoms with Crippen molar-refractivity contribution < 1.29 is 9.32 Å². The second-order valence-corrected chi connectivity index (χ2v) is 8.33. The number of hydrogen-bond acceptors (Lipinski definition) is 4. The average molecular weight is 440 g/mol. The summed E-state index contributed by atoms with van der Waals surface area (Å²) in [4.78, 5) is 19.3. The van der Waals surface area contributed by atoms with Crippen molar-refractivity contribution in [3.63, 3.8) is 0 Å². The van der Waals surface area contributed by atoms with Crippen LogP contribution in [0, 0.1) is 0 Å². The van der Waals surface area contributed by atoms with E-state index in [1.807, 2.05) is 42.2 Å². The number of carbonyl (C=O) groups is 1. The van der Waals surface area contributed by atoms with E-state index in [0.29, 0.717) is 19.0 Å². The molecular formula is C25H37N5O2. The highest BCUT2D eigenvalue weighted by molar-refractivity contribution is 5.94. The lowest BCUT2D eigenvalue weighted by atomic mass is 9.99. The van der Waals surface area contributed by atoms with Gasteiger partial charge in [0.25, 0.3) is 5.91 Å². The molecule has 1 saturated heterocycles. The van der Waals surface area contributed by atoms with Gasteiger partial charge in [0.15, 0.2) is 11.7 Å². The standard InChI is InChI=1S/C25H37N5O2/c1-4-20(5-2)23-16-22(32-29-23)18-28-25(26-6-3)27-17-19-10-12-21(13-11-19)24(31)30-14-8-7-9-15-30/h10-13,16,20H,4-9,14-15,17-18H2,1-3H3,(H2,26,27,28). The smallest absolute Gasteiger partial charge is 0.253 e. The molecule has 2 aromatic rings. The number of nitrogens with zero attached hydrogens (tertiary/aromatic N) is 3. The summed E-state index contributed by atoms with van der Waals surface area (Å²) >= 11 is 0. The topological polar surface area (TPSA) is 82.8 Å². The lowest BCUT2D eigenvalue weighted by Gasteiger charge is -2.26. The Kier molecular flexibility index (Phi) is 9.13. The van der Waals surface area contributed by atoms with E-state index in [0.717, 1.165) is 73.9 Å². The Morgan fingerprint density at radius 1 is 1.09 bits per heavy atom. The number of nitrogens with one attached hydrogen (secondary N) is 2. The van der Waals surface area contributed by atoms with Crippen molar-refractivity contribution in [3.8, 4) is 0 Å². The predicted molar refractivity (Wildman–Crippen MR) is 128 cm³/mol. The first-order valence-corrected chi connectivity index (χ1v) is 12.0. The van der Waals surface area contributed by atoms with Crippen molar-refractivity contribution in [2.45, 2.75) is 71.9 Å². The van der Waals surface area contributed by atoms with Gasteiger partial charge < -0.3 is 20.1 Å². The van der Waals surface area contributed by atoms with Gasteiger partial charge in [0.2, 0.25) is 0 Å². The molecule has 0 bridgehead atoms. The number of piperidine rings is 1. The Morgan fingerprint density at radius 2 is 1.81 bits per heavy atom. The molecule has 2 N–H and O–H groups in total. The summed E-state index contributed by atoms with van der Waals surface area (Å²) in [6, 6.07) is 9.84. The van der Waals surface area contributed by atoms with Gasteiger partial charge in [-0.25, -0.2) is 4.99 Å². The second-order valence-electron chi connectivity index (χ2n) is 8.33. The first-order valence-electron chi connectivity index (χ1n) is 12.0. The minimum Gasteiger partial charge on any atom is -0.359 e. The van der Waals surface area contributed by atoms with Crippen molar-refractivity contribution in [3.05, 3.63) is 52.9 Å². The molecule has 1 fully saturated rings. The van der Waals surface area contributed by atoms with Crippen LogP contribution in [0.3, 0.4) is 0 Å². The first kappa shape index (κ1) is 23.8. The fraction of sp³-hybridized carbons (Fsp3) is 0.560. The fourth-order valence-corrected chi connectivity index (χ4v) is 4.03. The normalized spacial score (nSPS) is 14.6. The summed E-state index contributed by atoms with van der Waals surface area (Å²) in [6.45, 7) is 9.95. The highest BCUT2D eigenvalue weighted by atomic mass is 16.5. The monoisotopic (exact) mass is 439 g/mol. The van der Waals surface area contributed by atoms with Gasteiger partial charge in [-0.1, -0.05) is 31.1 Å². The molecule has 2 heterocycles. The maximum absolute atomic E-state index is 12.6. The molecule has 1 aromatic heterocycles. The molecule has 3 rings (SSSR count). The number of amides is 1. The average Bonchev–Trinajstić information content (AvgIpc) is 3.31. The fourth-order valence-electron chi connectivity index (χ4n) is 4.03. The van der Waals surface area contributed by atoms with Crippen LogP contribution in [0.4, 0.5) is 0 Å². The molecule has 174 valence electrons. The first-order chi connectivity index (χ1) is 15.6. The molecule has 1 aromatic carbocycles. The lowest BCUT2D eigenvalue weighted by Crippen LogP contribution is -2.36. The SMILES string of the molecule is CCNC(=NCc1ccc(C(=O)N2CCCCC2)cc1)NCc1cc(C(CC)CC)no1. The number of carbonyl (C=O) groups excluding carboxylic acids is 1. The molecule has 7 nitrogen and oxygen atoms in total. The van der Waals surface area contributed by atoms with E-state index in [9.17, 15) is 4.79 Å². The van der Waals surface area contributed by atoms with Gasteiger partial charge in [-0.3, -0.25) is 4.79 Å². The van der Waals surface area contributed by atoms with Gasteiger partial charge in [-0.2, -0.15) is 0 Å². The Morgan fingerprint density at radius 3 is 2.47 bits per heavy atom. The molecule has 0 unspecified atom stereocenters. The highest BCUT2D eigenvalue weighted by Gasteiger charge is 2.18. The number of benzene rings is 1. The largest absolute Gasteiger partial charge is 0.359 e. The zero-order chi connectivity index (χ0) is 22.8. The van der Waals surface area contributed by atoms with Gasteiger partial charge >= 0.3 is 0 Å². The summed E-state index contributed by atoms with van der Waals surface area (Å²) < 4.78 is 5.49. The van der Waals surface area contributed by atoms with Gasteiger partial charge in [-0.15, -0.1) is 0 Å². The number of guanidine groups is 1. The minimum absolute atomic E-state index is 0.134. The minimum atomic E-state index is 0.134. The number of aromatic nitrogens is 1. The molecule has 0 radical (unpaired) electrons. The Labute approximate surface area is 191 Å². The molecule has 0 spiro atoms. The van der Waals surface area contributed by atoms with Crippen molar-refractivity contribution in [1.82, 2.24) is 20.7 Å². The summed E-state index contributed by atoms with van der Waals surface area (Å²) in [6.07, 6.45) is 5.54. The Balaban J connectivity index is 1.55. The van der Waals surface area contributed by atoms with Crippen LogP contribution in [0.5, 0.6) is 0 Å². The predicted octanol–water partition coefficient (Wildman–Crippen LogP) is 4.46. The van der Waals surface area contributed by atoms with Gasteiger partial charge in [0, 0.05) is 37.2 Å². The zero-order valence-electron chi connectivity index (χ0n) is 19.7. The third-order valence-corrected chi connectivity index (χ3v) is 6.02. The third kappa shape index (κ3) is 6.58. The zero-order valence-corrected chi connectivity index (χ0v) is 19.7. The van der Waals surface area contributed by atoms with E-state index >= 15 is 0 Å². The van der Waals surface area contributed by atoms with Gasteiger partial charge in [0.05, 0.1) is 18.8 Å². The van der Waals surface area contributed by atoms with Crippen LogP contribution >= 0.6 is 0 Å². The van der Waals surface area contributed by atoms with Crippen LogP contribution in [0.1, 0.15) is 86.2 Å². The molecule has 7 heteroatoms. The van der Waals surface area contributed by atoms with E-state index in [4.69, 9.17) is 4.52 Å². The Bertz CT molecular complexity index is 865. The molecule has 1 amide bonds. The maximum Gasteiger partial charge on any atom is 0.253 e. The van der Waals surface area contributed by atoms with Crippen LogP contribution in [0.25, 0.3) is 0 Å². The third-order valence-electron chi connectivity index (χ3n) is 6.02. The molecular weight excluding hydrogens is 402 g/mol. The highest BCUT2D eigenvalue weighted by Crippen LogP contribution is 2.22. The number of hydrogen-bond donors (Lipinski definition) is 2. The van der Waals surface area contributed by atoms with Crippen LogP contribution in [0.15, 0.2) is 39.8 Å². The van der Waals surface area contributed by atoms with E-state index in [-0.39, 0.29) is 5.91 Å². The van der Waals surface area contributed by atoms with Crippen molar-refractivity contribution in [2.75, 3.05) is 19.6 Å². The number of aliphatic imine (C=N–C) groups is 1. The summed E-state index contributed by atoms with van der Waals surface area (Å²) in [5, 5.41) is 10.8. The van der Waals surface area contributed by atoms with Gasteiger partial charge in [-0.05, 0) is 56.7 Å². The van der Waals surface area contributed by atoms with E-state index in [1.165, 1.54) is 6.42 Å². The van der Waals surface area contributed by atoms with Crippen molar-refractivity contribution >= 4 is 11.9 Å². The second kappa shape index (κ2) is 12.3. The summed E-state index contributed by atoms with van der Waals surface area (Å²) in [5.41, 5.74) is 2.84. The van der Waals surface area contributed by atoms with Crippen molar-refractivity contribution in [1.29, 1.82) is 0 Å². The van der Waals surface area contributed by atoms with Crippen LogP contribution < -0.4 is 10.6 Å². The van der Waals surface area contributed by atoms with Crippen LogP contribution in [0.2, 0.25) is 0 Å². The van der Waals surface area contributed by atoms with E-state index < -0.39 is 0 Å². The molecule has 32 heavy (non-hydrogen) atoms. The van der Waals surface area contributed by atoms with E-state index in [1.54, 1.807) is 0 Å². The molecule has 0 aliphatic carbocycles. The van der Waals surface area contributed by atoms with E-state index in [2.05, 4.69) is 34.6 Å². The molecule has 0 saturated carbocycles. The molecule has 1 aliphatic heterocycles. The molecule has 1 aliphatic rings. The number of likely N-dealkylation sites (tertiary alicyclic amines) is 1. The van der Waals surface area contributed by atoms with Gasteiger partial charge in [0.1, 0.15) is 0 Å². The maximum atomic E-state index is 12.6. The van der Waals surface area contributed by atoms with Crippen molar-refractivity contribution in [2.24, 2.45) is 4.99 Å². The number of rotatable bonds is 9. The lowest BCUT2D eigenvalue weighted by molar-refractivity contribution is 0.0724. The summed E-state index contributed by atoms with van der Waals surface area (Å²) in [7, 11) is 0.